The van der Waals surface area contributed by atoms with E-state index in [1.165, 1.54) is 0 Å². The summed E-state index contributed by atoms with van der Waals surface area (Å²) in [6.45, 7) is 4.69. The highest BCUT2D eigenvalue weighted by molar-refractivity contribution is 9.10. The third-order valence-corrected chi connectivity index (χ3v) is 3.40. The van der Waals surface area contributed by atoms with Crippen molar-refractivity contribution in [2.45, 2.75) is 19.1 Å². The van der Waals surface area contributed by atoms with Gasteiger partial charge < -0.3 is 21.1 Å². The fourth-order valence-electron chi connectivity index (χ4n) is 1.91. The molecule has 94 valence electrons. The first-order chi connectivity index (χ1) is 8.16. The molecule has 0 bridgehead atoms. The van der Waals surface area contributed by atoms with E-state index in [4.69, 9.17) is 10.5 Å². The second-order valence-corrected chi connectivity index (χ2v) is 5.19. The number of hydrogen-bond acceptors (Lipinski definition) is 4. The molecule has 1 aromatic rings. The molecular formula is C12H18BrN3O. The van der Waals surface area contributed by atoms with Gasteiger partial charge in [0.05, 0.1) is 30.1 Å². The van der Waals surface area contributed by atoms with Crippen molar-refractivity contribution in [1.82, 2.24) is 5.32 Å². The van der Waals surface area contributed by atoms with Gasteiger partial charge in [-0.25, -0.2) is 0 Å². The van der Waals surface area contributed by atoms with Crippen molar-refractivity contribution in [2.24, 2.45) is 0 Å². The van der Waals surface area contributed by atoms with Crippen LogP contribution in [0.15, 0.2) is 22.7 Å². The molecule has 5 heteroatoms. The molecule has 0 aromatic heterocycles. The minimum atomic E-state index is 0.187. The van der Waals surface area contributed by atoms with E-state index in [2.05, 4.69) is 33.5 Å². The molecule has 0 saturated carbocycles. The van der Waals surface area contributed by atoms with Gasteiger partial charge in [0.2, 0.25) is 0 Å². The number of rotatable bonds is 3. The van der Waals surface area contributed by atoms with E-state index < -0.39 is 0 Å². The van der Waals surface area contributed by atoms with Crippen molar-refractivity contribution < 1.29 is 4.74 Å². The Balaban J connectivity index is 1.99. The van der Waals surface area contributed by atoms with Crippen molar-refractivity contribution >= 4 is 27.3 Å². The highest BCUT2D eigenvalue weighted by atomic mass is 79.9. The Kier molecular flexibility index (Phi) is 4.25. The van der Waals surface area contributed by atoms with Gasteiger partial charge in [-0.1, -0.05) is 15.9 Å². The molecule has 4 nitrogen and oxygen atoms in total. The first kappa shape index (κ1) is 12.7. The van der Waals surface area contributed by atoms with Gasteiger partial charge in [-0.05, 0) is 25.1 Å². The van der Waals surface area contributed by atoms with Crippen LogP contribution in [-0.2, 0) is 4.74 Å². The van der Waals surface area contributed by atoms with Crippen LogP contribution in [0.4, 0.5) is 11.4 Å². The second-order valence-electron chi connectivity index (χ2n) is 4.28. The van der Waals surface area contributed by atoms with Crippen LogP contribution in [0.2, 0.25) is 0 Å². The zero-order valence-electron chi connectivity index (χ0n) is 9.87. The number of morpholine rings is 1. The quantitative estimate of drug-likeness (QED) is 0.745. The van der Waals surface area contributed by atoms with Gasteiger partial charge in [0, 0.05) is 17.6 Å². The third-order valence-electron chi connectivity index (χ3n) is 2.91. The molecule has 2 rings (SSSR count). The van der Waals surface area contributed by atoms with Crippen molar-refractivity contribution in [2.75, 3.05) is 30.7 Å². The van der Waals surface area contributed by atoms with Gasteiger partial charge >= 0.3 is 0 Å². The fraction of sp³-hybridized carbons (Fsp3) is 0.500. The SMILES string of the molecule is CC(Nc1ccc(Br)cc1N)C1CNCCO1. The number of nitrogens with one attached hydrogen (secondary N) is 2. The van der Waals surface area contributed by atoms with Gasteiger partial charge in [-0.3, -0.25) is 0 Å². The Morgan fingerprint density at radius 3 is 3.06 bits per heavy atom. The lowest BCUT2D eigenvalue weighted by molar-refractivity contribution is 0.0202. The van der Waals surface area contributed by atoms with Crippen LogP contribution >= 0.6 is 15.9 Å². The largest absolute Gasteiger partial charge is 0.397 e. The van der Waals surface area contributed by atoms with Gasteiger partial charge in [0.25, 0.3) is 0 Å². The molecule has 1 aromatic carbocycles. The summed E-state index contributed by atoms with van der Waals surface area (Å²) in [4.78, 5) is 0. The predicted octanol–water partition coefficient (Wildman–Crippen LogP) is 1.82. The topological polar surface area (TPSA) is 59.3 Å². The molecular weight excluding hydrogens is 282 g/mol. The molecule has 0 amide bonds. The average Bonchev–Trinajstić information content (AvgIpc) is 2.34. The average molecular weight is 300 g/mol. The lowest BCUT2D eigenvalue weighted by Crippen LogP contribution is -2.46. The first-order valence-corrected chi connectivity index (χ1v) is 6.60. The number of halogens is 1. The van der Waals surface area contributed by atoms with E-state index in [1.54, 1.807) is 0 Å². The van der Waals surface area contributed by atoms with E-state index in [0.717, 1.165) is 35.5 Å². The van der Waals surface area contributed by atoms with Crippen LogP contribution in [0, 0.1) is 0 Å². The van der Waals surface area contributed by atoms with Crippen LogP contribution in [-0.4, -0.2) is 31.8 Å². The number of ether oxygens (including phenoxy) is 1. The number of benzene rings is 1. The van der Waals surface area contributed by atoms with Crippen LogP contribution in [0.25, 0.3) is 0 Å². The molecule has 4 N–H and O–H groups in total. The molecule has 0 spiro atoms. The minimum absolute atomic E-state index is 0.187. The maximum Gasteiger partial charge on any atom is 0.0897 e. The summed E-state index contributed by atoms with van der Waals surface area (Å²) in [5, 5.41) is 6.72. The maximum atomic E-state index is 5.95. The van der Waals surface area contributed by atoms with Gasteiger partial charge in [-0.2, -0.15) is 0 Å². The summed E-state index contributed by atoms with van der Waals surface area (Å²) in [6, 6.07) is 6.08. The monoisotopic (exact) mass is 299 g/mol. The lowest BCUT2D eigenvalue weighted by Gasteiger charge is -2.30. The van der Waals surface area contributed by atoms with Crippen molar-refractivity contribution in [1.29, 1.82) is 0 Å². The summed E-state index contributed by atoms with van der Waals surface area (Å²) in [7, 11) is 0. The molecule has 1 aliphatic heterocycles. The molecule has 0 radical (unpaired) electrons. The highest BCUT2D eigenvalue weighted by Crippen LogP contribution is 2.24. The third kappa shape index (κ3) is 3.34. The van der Waals surface area contributed by atoms with Crippen LogP contribution in [0.1, 0.15) is 6.92 Å². The molecule has 2 atom stereocenters. The summed E-state index contributed by atoms with van der Waals surface area (Å²) >= 11 is 3.40. The maximum absolute atomic E-state index is 5.95. The van der Waals surface area contributed by atoms with E-state index in [1.807, 2.05) is 18.2 Å². The Bertz CT molecular complexity index is 380. The van der Waals surface area contributed by atoms with E-state index in [-0.39, 0.29) is 12.1 Å². The number of nitrogen functional groups attached to an aromatic ring is 1. The normalized spacial score (nSPS) is 22.1. The summed E-state index contributed by atoms with van der Waals surface area (Å²) in [5.74, 6) is 0. The zero-order chi connectivity index (χ0) is 12.3. The Morgan fingerprint density at radius 2 is 2.41 bits per heavy atom. The zero-order valence-corrected chi connectivity index (χ0v) is 11.5. The molecule has 1 heterocycles. The van der Waals surface area contributed by atoms with E-state index in [0.29, 0.717) is 0 Å². The molecule has 0 aliphatic carbocycles. The summed E-state index contributed by atoms with van der Waals surface area (Å²) in [6.07, 6.45) is 0.187. The fourth-order valence-corrected chi connectivity index (χ4v) is 2.29. The van der Waals surface area contributed by atoms with Crippen LogP contribution in [0.3, 0.4) is 0 Å². The van der Waals surface area contributed by atoms with E-state index in [9.17, 15) is 0 Å². The summed E-state index contributed by atoms with van der Waals surface area (Å²) in [5.41, 5.74) is 7.65. The Labute approximate surface area is 110 Å². The highest BCUT2D eigenvalue weighted by Gasteiger charge is 2.20. The smallest absolute Gasteiger partial charge is 0.0897 e. The van der Waals surface area contributed by atoms with Gasteiger partial charge in [-0.15, -0.1) is 0 Å². The predicted molar refractivity (Wildman–Crippen MR) is 74.2 cm³/mol. The number of hydrogen-bond donors (Lipinski definition) is 3. The van der Waals surface area contributed by atoms with Crippen molar-refractivity contribution in [3.05, 3.63) is 22.7 Å². The number of anilines is 2. The van der Waals surface area contributed by atoms with Gasteiger partial charge in [0.1, 0.15) is 0 Å². The standard InChI is InChI=1S/C12H18BrN3O/c1-8(12-7-15-4-5-17-12)16-11-3-2-9(13)6-10(11)14/h2-3,6,8,12,15-16H,4-5,7,14H2,1H3. The molecule has 1 aliphatic rings. The van der Waals surface area contributed by atoms with Crippen LogP contribution < -0.4 is 16.4 Å². The summed E-state index contributed by atoms with van der Waals surface area (Å²) < 4.78 is 6.69. The van der Waals surface area contributed by atoms with E-state index >= 15 is 0 Å². The minimum Gasteiger partial charge on any atom is -0.397 e. The molecule has 1 fully saturated rings. The van der Waals surface area contributed by atoms with Crippen molar-refractivity contribution in [3.8, 4) is 0 Å². The molecule has 2 unspecified atom stereocenters. The van der Waals surface area contributed by atoms with Crippen LogP contribution in [0.5, 0.6) is 0 Å². The molecule has 17 heavy (non-hydrogen) atoms. The van der Waals surface area contributed by atoms with Crippen molar-refractivity contribution in [3.63, 3.8) is 0 Å². The second kappa shape index (κ2) is 5.71. The first-order valence-electron chi connectivity index (χ1n) is 5.80. The Hall–Kier alpha value is -0.780. The van der Waals surface area contributed by atoms with Gasteiger partial charge in [0.15, 0.2) is 0 Å². The lowest BCUT2D eigenvalue weighted by atomic mass is 10.1. The number of nitrogens with two attached hydrogens (primary N) is 1. The molecule has 1 saturated heterocycles. The Morgan fingerprint density at radius 1 is 1.59 bits per heavy atom.